The molecule has 2 fully saturated rings. The van der Waals surface area contributed by atoms with Crippen molar-refractivity contribution in [2.45, 2.75) is 49.6 Å². The van der Waals surface area contributed by atoms with Crippen molar-refractivity contribution in [1.82, 2.24) is 23.2 Å². The lowest BCUT2D eigenvalue weighted by Crippen LogP contribution is -2.49. The van der Waals surface area contributed by atoms with Gasteiger partial charge in [-0.1, -0.05) is 80.3 Å². The van der Waals surface area contributed by atoms with Gasteiger partial charge in [-0.2, -0.15) is 12.7 Å². The van der Waals surface area contributed by atoms with E-state index in [0.29, 0.717) is 12.3 Å². The molecule has 250 valence electrons. The molecule has 4 atom stereocenters. The SMILES string of the molecule is CN(C)S(=O)(=O)n1cnc([C@H]2[C@@H]3C(=O)N(C(c4ccccc4)c4ccccc4)OC[C@H]3C[C@@]23N=CN(COCC[Si](C)(C)C)C3=O)c1. The molecule has 12 nitrogen and oxygen atoms in total. The molecular formula is C33H42N6O6SSi. The maximum Gasteiger partial charge on any atom is 0.308 e. The zero-order valence-electron chi connectivity index (χ0n) is 27.4. The lowest BCUT2D eigenvalue weighted by atomic mass is 9.79. The molecule has 1 saturated heterocycles. The number of imidazole rings is 1. The van der Waals surface area contributed by atoms with E-state index < -0.39 is 41.7 Å². The summed E-state index contributed by atoms with van der Waals surface area (Å²) in [6, 6.07) is 19.7. The van der Waals surface area contributed by atoms with E-state index >= 15 is 0 Å². The van der Waals surface area contributed by atoms with Crippen molar-refractivity contribution in [2.75, 3.05) is 34.0 Å². The maximum atomic E-state index is 14.8. The fourth-order valence-electron chi connectivity index (χ4n) is 6.79. The van der Waals surface area contributed by atoms with Gasteiger partial charge in [0.1, 0.15) is 19.1 Å². The van der Waals surface area contributed by atoms with E-state index in [0.717, 1.165) is 25.4 Å². The average molecular weight is 679 g/mol. The molecule has 6 rings (SSSR count). The Labute approximate surface area is 277 Å². The smallest absolute Gasteiger partial charge is 0.308 e. The van der Waals surface area contributed by atoms with Crippen molar-refractivity contribution < 1.29 is 27.6 Å². The van der Waals surface area contributed by atoms with Crippen LogP contribution in [0.5, 0.6) is 0 Å². The topological polar surface area (TPSA) is 127 Å². The summed E-state index contributed by atoms with van der Waals surface area (Å²) < 4.78 is 34.1. The van der Waals surface area contributed by atoms with Gasteiger partial charge in [0.2, 0.25) is 0 Å². The first kappa shape index (κ1) is 33.2. The van der Waals surface area contributed by atoms with Crippen LogP contribution in [-0.4, -0.2) is 97.4 Å². The summed E-state index contributed by atoms with van der Waals surface area (Å²) in [7, 11) is -2.37. The highest BCUT2D eigenvalue weighted by Gasteiger charge is 2.66. The third-order valence-electron chi connectivity index (χ3n) is 9.26. The first-order valence-electron chi connectivity index (χ1n) is 15.8. The number of fused-ring (bicyclic) bond motifs is 1. The molecule has 2 aromatic carbocycles. The molecule has 3 heterocycles. The van der Waals surface area contributed by atoms with Gasteiger partial charge in [-0.25, -0.2) is 14.0 Å². The average Bonchev–Trinajstić information content (AvgIpc) is 3.74. The van der Waals surface area contributed by atoms with Crippen LogP contribution in [0.1, 0.15) is 35.2 Å². The predicted molar refractivity (Wildman–Crippen MR) is 179 cm³/mol. The summed E-state index contributed by atoms with van der Waals surface area (Å²) in [6.07, 6.45) is 4.36. The van der Waals surface area contributed by atoms with Gasteiger partial charge in [-0.05, 0) is 23.6 Å². The molecule has 0 N–H and O–H groups in total. The molecule has 2 aliphatic heterocycles. The van der Waals surface area contributed by atoms with Crippen LogP contribution in [0.15, 0.2) is 78.2 Å². The zero-order chi connectivity index (χ0) is 33.6. The number of amides is 2. The Morgan fingerprint density at radius 2 is 1.68 bits per heavy atom. The van der Waals surface area contributed by atoms with E-state index in [1.54, 1.807) is 0 Å². The summed E-state index contributed by atoms with van der Waals surface area (Å²) in [5.41, 5.74) is 0.671. The van der Waals surface area contributed by atoms with Gasteiger partial charge in [-0.15, -0.1) is 0 Å². The maximum absolute atomic E-state index is 14.8. The van der Waals surface area contributed by atoms with Crippen molar-refractivity contribution >= 4 is 36.4 Å². The van der Waals surface area contributed by atoms with Gasteiger partial charge < -0.3 is 4.74 Å². The van der Waals surface area contributed by atoms with Gasteiger partial charge >= 0.3 is 10.2 Å². The zero-order valence-corrected chi connectivity index (χ0v) is 29.2. The molecule has 0 bridgehead atoms. The number of carbonyl (C=O) groups is 2. The van der Waals surface area contributed by atoms with Gasteiger partial charge in [-0.3, -0.25) is 24.3 Å². The highest BCUT2D eigenvalue weighted by atomic mass is 32.2. The van der Waals surface area contributed by atoms with Crippen LogP contribution in [0.25, 0.3) is 0 Å². The number of nitrogens with zero attached hydrogens (tertiary/aromatic N) is 6. The molecule has 0 unspecified atom stereocenters. The van der Waals surface area contributed by atoms with E-state index in [9.17, 15) is 18.0 Å². The summed E-state index contributed by atoms with van der Waals surface area (Å²) in [4.78, 5) is 46.2. The molecule has 1 aliphatic carbocycles. The van der Waals surface area contributed by atoms with Crippen LogP contribution in [-0.2, 0) is 29.4 Å². The van der Waals surface area contributed by atoms with Crippen molar-refractivity contribution in [2.24, 2.45) is 16.8 Å². The van der Waals surface area contributed by atoms with Crippen LogP contribution in [0.3, 0.4) is 0 Å². The molecule has 47 heavy (non-hydrogen) atoms. The van der Waals surface area contributed by atoms with Crippen LogP contribution in [0.4, 0.5) is 0 Å². The number of benzene rings is 2. The van der Waals surface area contributed by atoms with Gasteiger partial charge in [0, 0.05) is 46.8 Å². The summed E-state index contributed by atoms with van der Waals surface area (Å²) in [6.45, 7) is 7.53. The number of hydrogen-bond acceptors (Lipinski definition) is 8. The Kier molecular flexibility index (Phi) is 9.00. The predicted octanol–water partition coefficient (Wildman–Crippen LogP) is 3.74. The highest BCUT2D eigenvalue weighted by molar-refractivity contribution is 7.87. The second-order valence-corrected chi connectivity index (χ2v) is 21.5. The van der Waals surface area contributed by atoms with Gasteiger partial charge in [0.05, 0.1) is 24.6 Å². The summed E-state index contributed by atoms with van der Waals surface area (Å²) in [5.74, 6) is -2.55. The van der Waals surface area contributed by atoms with Crippen molar-refractivity contribution in [3.05, 3.63) is 90.0 Å². The Morgan fingerprint density at radius 3 is 2.28 bits per heavy atom. The molecule has 3 aromatic rings. The van der Waals surface area contributed by atoms with E-state index in [1.807, 2.05) is 60.7 Å². The molecule has 3 aliphatic rings. The number of hydroxylamine groups is 2. The third-order valence-corrected chi connectivity index (χ3v) is 12.6. The van der Waals surface area contributed by atoms with E-state index in [-0.39, 0.29) is 37.5 Å². The lowest BCUT2D eigenvalue weighted by Gasteiger charge is -2.40. The van der Waals surface area contributed by atoms with Crippen LogP contribution < -0.4 is 0 Å². The molecule has 14 heteroatoms. The summed E-state index contributed by atoms with van der Waals surface area (Å²) >= 11 is 0. The Hall–Kier alpha value is -3.69. The van der Waals surface area contributed by atoms with E-state index in [2.05, 4.69) is 24.6 Å². The number of carbonyl (C=O) groups excluding carboxylic acids is 2. The fourth-order valence-corrected chi connectivity index (χ4v) is 8.33. The standard InChI is InChI=1S/C33H42N6O6SSi/c1-36(2)46(42,43)38-19-27(34-21-38)29-28-26(18-33(29)32(41)37(22-35-33)23-44-16-17-47(3,4)5)20-45-39(31(28)40)30(24-12-8-6-9-13-24)25-14-10-7-11-15-25/h6-15,19,21-22,26,28-30H,16-18,20,23H2,1-5H3/t26-,28-,29+,33-/m1/s1. The normalized spacial score (nSPS) is 24.7. The molecule has 0 radical (unpaired) electrons. The molecule has 1 spiro atoms. The Balaban J connectivity index is 1.38. The number of ether oxygens (including phenoxy) is 1. The van der Waals surface area contributed by atoms with Gasteiger partial charge in [0.25, 0.3) is 11.8 Å². The minimum atomic E-state index is -3.89. The monoisotopic (exact) mass is 678 g/mol. The number of rotatable bonds is 11. The number of aliphatic imine (C=N–C) groups is 1. The second-order valence-electron chi connectivity index (χ2n) is 13.9. The van der Waals surface area contributed by atoms with Crippen molar-refractivity contribution in [3.8, 4) is 0 Å². The molecular weight excluding hydrogens is 637 g/mol. The van der Waals surface area contributed by atoms with Crippen LogP contribution in [0.2, 0.25) is 25.7 Å². The Bertz CT molecular complexity index is 1710. The molecule has 1 aromatic heterocycles. The second kappa shape index (κ2) is 12.7. The highest BCUT2D eigenvalue weighted by Crippen LogP contribution is 2.56. The third kappa shape index (κ3) is 6.20. The van der Waals surface area contributed by atoms with Crippen LogP contribution >= 0.6 is 0 Å². The minimum absolute atomic E-state index is 0.0424. The van der Waals surface area contributed by atoms with E-state index in [4.69, 9.17) is 14.6 Å². The van der Waals surface area contributed by atoms with Gasteiger partial charge in [0.15, 0.2) is 5.54 Å². The largest absolute Gasteiger partial charge is 0.361 e. The first-order chi connectivity index (χ1) is 22.3. The quantitative estimate of drug-likeness (QED) is 0.223. The summed E-state index contributed by atoms with van der Waals surface area (Å²) in [5, 5.41) is 1.42. The minimum Gasteiger partial charge on any atom is -0.361 e. The lowest BCUT2D eigenvalue weighted by molar-refractivity contribution is -0.226. The van der Waals surface area contributed by atoms with Crippen molar-refractivity contribution in [1.29, 1.82) is 0 Å². The first-order valence-corrected chi connectivity index (χ1v) is 20.9. The molecule has 2 amide bonds. The van der Waals surface area contributed by atoms with Crippen LogP contribution in [0, 0.1) is 11.8 Å². The number of hydrogen-bond donors (Lipinski definition) is 0. The Morgan fingerprint density at radius 1 is 1.04 bits per heavy atom. The van der Waals surface area contributed by atoms with E-state index in [1.165, 1.54) is 42.9 Å². The fraction of sp³-hybridized carbons (Fsp3) is 0.455. The number of aromatic nitrogens is 2. The molecule has 1 saturated carbocycles. The van der Waals surface area contributed by atoms with Crippen molar-refractivity contribution in [3.63, 3.8) is 0 Å².